The van der Waals surface area contributed by atoms with Crippen LogP contribution in [0.5, 0.6) is 0 Å². The van der Waals surface area contributed by atoms with Gasteiger partial charge in [0, 0.05) is 11.6 Å². The highest BCUT2D eigenvalue weighted by Gasteiger charge is 1.98. The molecule has 2 aromatic rings. The molecule has 0 aromatic carbocycles. The van der Waals surface area contributed by atoms with Gasteiger partial charge in [-0.15, -0.1) is 0 Å². The lowest BCUT2D eigenvalue weighted by atomic mass is 10.2. The van der Waals surface area contributed by atoms with E-state index in [1.54, 1.807) is 12.4 Å². The minimum Gasteiger partial charge on any atom is -0.278 e. The number of nitrogens with one attached hydrogen (secondary N) is 1. The molecule has 12 heavy (non-hydrogen) atoms. The van der Waals surface area contributed by atoms with Crippen LogP contribution in [0.1, 0.15) is 12.6 Å². The number of nitrogens with zero attached hydrogens (tertiary/aromatic N) is 2. The molecule has 0 atom stereocenters. The van der Waals surface area contributed by atoms with E-state index < -0.39 is 0 Å². The Morgan fingerprint density at radius 2 is 2.33 bits per heavy atom. The van der Waals surface area contributed by atoms with Crippen LogP contribution in [0, 0.1) is 0 Å². The summed E-state index contributed by atoms with van der Waals surface area (Å²) < 4.78 is 0. The summed E-state index contributed by atoms with van der Waals surface area (Å²) in [7, 11) is 0. The van der Waals surface area contributed by atoms with Gasteiger partial charge in [0.2, 0.25) is 0 Å². The van der Waals surface area contributed by atoms with E-state index in [0.717, 1.165) is 22.2 Å². The average Bonchev–Trinajstić information content (AvgIpc) is 2.49. The first-order valence-electron chi connectivity index (χ1n) is 3.72. The Kier molecular flexibility index (Phi) is 1.43. The molecule has 0 bridgehead atoms. The summed E-state index contributed by atoms with van der Waals surface area (Å²) in [6, 6.07) is 1.95. The fraction of sp³-hybridized carbons (Fsp3) is 0.111. The van der Waals surface area contributed by atoms with Crippen LogP contribution in [0.4, 0.5) is 0 Å². The molecule has 0 aliphatic rings. The molecule has 3 heteroatoms. The van der Waals surface area contributed by atoms with Crippen molar-refractivity contribution in [3.63, 3.8) is 0 Å². The summed E-state index contributed by atoms with van der Waals surface area (Å²) in [5.74, 6) is 0. The normalized spacial score (nSPS) is 10.4. The molecule has 3 nitrogen and oxygen atoms in total. The van der Waals surface area contributed by atoms with E-state index in [1.807, 2.05) is 13.0 Å². The van der Waals surface area contributed by atoms with E-state index in [2.05, 4.69) is 21.8 Å². The molecule has 60 valence electrons. The summed E-state index contributed by atoms with van der Waals surface area (Å²) in [5, 5.41) is 7.82. The minimum atomic E-state index is 0.909. The van der Waals surface area contributed by atoms with Crippen LogP contribution >= 0.6 is 0 Å². The van der Waals surface area contributed by atoms with Crippen LogP contribution in [0.2, 0.25) is 0 Å². The fourth-order valence-corrected chi connectivity index (χ4v) is 1.07. The van der Waals surface area contributed by atoms with Crippen LogP contribution in [-0.2, 0) is 0 Å². The smallest absolute Gasteiger partial charge is 0.0687 e. The number of fused-ring (bicyclic) bond motifs is 1. The van der Waals surface area contributed by atoms with Crippen LogP contribution < -0.4 is 0 Å². The van der Waals surface area contributed by atoms with Crippen LogP contribution in [-0.4, -0.2) is 15.2 Å². The highest BCUT2D eigenvalue weighted by molar-refractivity contribution is 5.79. The molecule has 1 N–H and O–H groups in total. The van der Waals surface area contributed by atoms with E-state index in [0.29, 0.717) is 0 Å². The van der Waals surface area contributed by atoms with Gasteiger partial charge in [0.25, 0.3) is 0 Å². The van der Waals surface area contributed by atoms with Gasteiger partial charge in [-0.25, -0.2) is 0 Å². The Bertz CT molecular complexity index is 428. The third-order valence-corrected chi connectivity index (χ3v) is 1.76. The van der Waals surface area contributed by atoms with Crippen molar-refractivity contribution < 1.29 is 0 Å². The fourth-order valence-electron chi connectivity index (χ4n) is 1.07. The highest BCUT2D eigenvalue weighted by atomic mass is 15.1. The minimum absolute atomic E-state index is 0.909. The standard InChI is InChI=1S/C9H9N3/c1-6(2)8-3-9-7(4-10-8)5-11-12-9/h3-5H,1H2,2H3,(H,11,12). The number of hydrogen-bond donors (Lipinski definition) is 1. The van der Waals surface area contributed by atoms with Crippen molar-refractivity contribution in [3.8, 4) is 0 Å². The zero-order valence-electron chi connectivity index (χ0n) is 6.83. The van der Waals surface area contributed by atoms with Crippen molar-refractivity contribution in [2.24, 2.45) is 0 Å². The highest BCUT2D eigenvalue weighted by Crippen LogP contribution is 2.14. The molecule has 2 heterocycles. The van der Waals surface area contributed by atoms with E-state index in [-0.39, 0.29) is 0 Å². The van der Waals surface area contributed by atoms with E-state index in [9.17, 15) is 0 Å². The second kappa shape index (κ2) is 2.44. The Balaban J connectivity index is 2.68. The van der Waals surface area contributed by atoms with Crippen molar-refractivity contribution >= 4 is 16.5 Å². The predicted molar refractivity (Wildman–Crippen MR) is 48.6 cm³/mol. The Labute approximate surface area is 70.1 Å². The number of pyridine rings is 1. The molecule has 0 spiro atoms. The van der Waals surface area contributed by atoms with Crippen molar-refractivity contribution in [2.45, 2.75) is 6.92 Å². The number of hydrogen-bond acceptors (Lipinski definition) is 2. The van der Waals surface area contributed by atoms with Crippen molar-refractivity contribution in [1.82, 2.24) is 15.2 Å². The molecule has 0 amide bonds. The Hall–Kier alpha value is -1.64. The van der Waals surface area contributed by atoms with Crippen LogP contribution in [0.15, 0.2) is 25.0 Å². The van der Waals surface area contributed by atoms with Gasteiger partial charge in [-0.2, -0.15) is 5.10 Å². The van der Waals surface area contributed by atoms with Crippen molar-refractivity contribution in [2.75, 3.05) is 0 Å². The van der Waals surface area contributed by atoms with Gasteiger partial charge in [0.05, 0.1) is 17.4 Å². The second-order valence-corrected chi connectivity index (χ2v) is 2.81. The van der Waals surface area contributed by atoms with Crippen molar-refractivity contribution in [3.05, 3.63) is 30.7 Å². The molecule has 0 aliphatic carbocycles. The molecular formula is C9H9N3. The van der Waals surface area contributed by atoms with Crippen LogP contribution in [0.25, 0.3) is 16.5 Å². The number of aromatic nitrogens is 3. The summed E-state index contributed by atoms with van der Waals surface area (Å²) >= 11 is 0. The summed E-state index contributed by atoms with van der Waals surface area (Å²) in [6.45, 7) is 5.75. The van der Waals surface area contributed by atoms with E-state index in [4.69, 9.17) is 0 Å². The van der Waals surface area contributed by atoms with Gasteiger partial charge in [-0.05, 0) is 18.6 Å². The van der Waals surface area contributed by atoms with Crippen molar-refractivity contribution in [1.29, 1.82) is 0 Å². The number of H-pyrrole nitrogens is 1. The molecule has 0 fully saturated rings. The first-order chi connectivity index (χ1) is 5.77. The molecule has 0 unspecified atom stereocenters. The van der Waals surface area contributed by atoms with Gasteiger partial charge in [0.15, 0.2) is 0 Å². The zero-order valence-corrected chi connectivity index (χ0v) is 6.83. The molecule has 2 rings (SSSR count). The molecule has 0 radical (unpaired) electrons. The first kappa shape index (κ1) is 7.03. The monoisotopic (exact) mass is 159 g/mol. The number of aromatic amines is 1. The predicted octanol–water partition coefficient (Wildman–Crippen LogP) is 1.99. The molecular weight excluding hydrogens is 150 g/mol. The maximum absolute atomic E-state index is 4.22. The summed E-state index contributed by atoms with van der Waals surface area (Å²) in [5.41, 5.74) is 2.88. The summed E-state index contributed by atoms with van der Waals surface area (Å²) in [6.07, 6.45) is 3.55. The van der Waals surface area contributed by atoms with E-state index in [1.165, 1.54) is 0 Å². The number of rotatable bonds is 1. The van der Waals surface area contributed by atoms with Gasteiger partial charge in [0.1, 0.15) is 0 Å². The van der Waals surface area contributed by atoms with Crippen LogP contribution in [0.3, 0.4) is 0 Å². The Morgan fingerprint density at radius 3 is 3.08 bits per heavy atom. The largest absolute Gasteiger partial charge is 0.278 e. The maximum Gasteiger partial charge on any atom is 0.0687 e. The van der Waals surface area contributed by atoms with Gasteiger partial charge < -0.3 is 0 Å². The maximum atomic E-state index is 4.22. The molecule has 0 saturated carbocycles. The number of allylic oxidation sites excluding steroid dienone is 1. The van der Waals surface area contributed by atoms with Gasteiger partial charge in [-0.3, -0.25) is 10.1 Å². The molecule has 0 aliphatic heterocycles. The third kappa shape index (κ3) is 0.993. The summed E-state index contributed by atoms with van der Waals surface area (Å²) in [4.78, 5) is 4.22. The lowest BCUT2D eigenvalue weighted by molar-refractivity contribution is 1.12. The third-order valence-electron chi connectivity index (χ3n) is 1.76. The SMILES string of the molecule is C=C(C)c1cc2[nH]ncc2cn1. The van der Waals surface area contributed by atoms with Gasteiger partial charge in [-0.1, -0.05) is 6.58 Å². The zero-order chi connectivity index (χ0) is 8.55. The first-order valence-corrected chi connectivity index (χ1v) is 3.72. The Morgan fingerprint density at radius 1 is 1.50 bits per heavy atom. The molecule has 0 saturated heterocycles. The van der Waals surface area contributed by atoms with Gasteiger partial charge >= 0.3 is 0 Å². The topological polar surface area (TPSA) is 41.6 Å². The quantitative estimate of drug-likeness (QED) is 0.691. The van der Waals surface area contributed by atoms with E-state index >= 15 is 0 Å². The average molecular weight is 159 g/mol. The lowest BCUT2D eigenvalue weighted by Crippen LogP contribution is -1.83. The molecule has 2 aromatic heterocycles. The lowest BCUT2D eigenvalue weighted by Gasteiger charge is -1.96. The second-order valence-electron chi connectivity index (χ2n) is 2.81.